The molecule has 0 aromatic carbocycles. The number of aryl methyl sites for hydroxylation is 1. The molecule has 2 amide bonds. The third-order valence-electron chi connectivity index (χ3n) is 2.98. The van der Waals surface area contributed by atoms with Crippen LogP contribution in [-0.2, 0) is 16.4 Å². The number of nitrogens with zero attached hydrogens (tertiary/aromatic N) is 2. The Bertz CT molecular complexity index is 566. The number of sulfone groups is 1. The second-order valence-electron chi connectivity index (χ2n) is 4.83. The summed E-state index contributed by atoms with van der Waals surface area (Å²) in [4.78, 5) is 13.3. The van der Waals surface area contributed by atoms with Gasteiger partial charge in [-0.1, -0.05) is 5.16 Å². The maximum absolute atomic E-state index is 11.9. The summed E-state index contributed by atoms with van der Waals surface area (Å²) in [6, 6.07) is 1.16. The van der Waals surface area contributed by atoms with Crippen LogP contribution in [0, 0.1) is 6.92 Å². The largest absolute Gasteiger partial charge is 0.361 e. The lowest BCUT2D eigenvalue weighted by atomic mass is 10.3. The van der Waals surface area contributed by atoms with Gasteiger partial charge >= 0.3 is 6.03 Å². The molecule has 0 radical (unpaired) electrons. The maximum atomic E-state index is 11.9. The van der Waals surface area contributed by atoms with E-state index in [4.69, 9.17) is 4.52 Å². The van der Waals surface area contributed by atoms with Crippen LogP contribution in [0.3, 0.4) is 0 Å². The van der Waals surface area contributed by atoms with Crippen molar-refractivity contribution in [2.45, 2.75) is 25.9 Å². The number of nitrogens with one attached hydrogen (secondary N) is 1. The third-order valence-corrected chi connectivity index (χ3v) is 4.75. The summed E-state index contributed by atoms with van der Waals surface area (Å²) in [5, 5.41) is 6.51. The Balaban J connectivity index is 1.86. The Morgan fingerprint density at radius 1 is 1.63 bits per heavy atom. The summed E-state index contributed by atoms with van der Waals surface area (Å²) in [6.45, 7) is 2.10. The van der Waals surface area contributed by atoms with E-state index in [0.717, 1.165) is 0 Å². The lowest BCUT2D eigenvalue weighted by molar-refractivity contribution is 0.202. The maximum Gasteiger partial charge on any atom is 0.317 e. The van der Waals surface area contributed by atoms with Crippen molar-refractivity contribution in [3.8, 4) is 0 Å². The minimum Gasteiger partial charge on any atom is -0.361 e. The van der Waals surface area contributed by atoms with Gasteiger partial charge in [0, 0.05) is 19.2 Å². The highest BCUT2D eigenvalue weighted by molar-refractivity contribution is 7.91. The molecule has 106 valence electrons. The molecular formula is C11H17N3O4S. The van der Waals surface area contributed by atoms with Crippen molar-refractivity contribution in [3.05, 3.63) is 17.5 Å². The lowest BCUT2D eigenvalue weighted by Gasteiger charge is -2.19. The number of hydrogen-bond acceptors (Lipinski definition) is 5. The van der Waals surface area contributed by atoms with Crippen LogP contribution in [0.5, 0.6) is 0 Å². The fraction of sp³-hybridized carbons (Fsp3) is 0.636. The Hall–Kier alpha value is -1.57. The van der Waals surface area contributed by atoms with Crippen molar-refractivity contribution in [3.63, 3.8) is 0 Å². The van der Waals surface area contributed by atoms with E-state index in [1.165, 1.54) is 4.90 Å². The molecule has 0 saturated carbocycles. The van der Waals surface area contributed by atoms with E-state index in [0.29, 0.717) is 24.4 Å². The Morgan fingerprint density at radius 2 is 2.37 bits per heavy atom. The Kier molecular flexibility index (Phi) is 3.79. The number of rotatable bonds is 3. The number of urea groups is 1. The van der Waals surface area contributed by atoms with Gasteiger partial charge in [0.15, 0.2) is 9.84 Å². The van der Waals surface area contributed by atoms with Gasteiger partial charge in [-0.3, -0.25) is 0 Å². The smallest absolute Gasteiger partial charge is 0.317 e. The van der Waals surface area contributed by atoms with Crippen molar-refractivity contribution < 1.29 is 17.7 Å². The fourth-order valence-electron chi connectivity index (χ4n) is 2.00. The second kappa shape index (κ2) is 5.20. The minimum absolute atomic E-state index is 0.0235. The van der Waals surface area contributed by atoms with Crippen LogP contribution in [0.4, 0.5) is 4.79 Å². The summed E-state index contributed by atoms with van der Waals surface area (Å²) in [5.74, 6) is 0.852. The Labute approximate surface area is 111 Å². The van der Waals surface area contributed by atoms with Crippen molar-refractivity contribution in [2.75, 3.05) is 18.6 Å². The summed E-state index contributed by atoms with van der Waals surface area (Å²) < 4.78 is 27.5. The predicted molar refractivity (Wildman–Crippen MR) is 68.3 cm³/mol. The van der Waals surface area contributed by atoms with Crippen LogP contribution in [0.25, 0.3) is 0 Å². The highest BCUT2D eigenvalue weighted by atomic mass is 32.2. The van der Waals surface area contributed by atoms with E-state index in [1.54, 1.807) is 20.0 Å². The molecule has 1 atom stereocenters. The van der Waals surface area contributed by atoms with Crippen LogP contribution >= 0.6 is 0 Å². The summed E-state index contributed by atoms with van der Waals surface area (Å²) >= 11 is 0. The van der Waals surface area contributed by atoms with Crippen molar-refractivity contribution in [1.82, 2.24) is 15.4 Å². The lowest BCUT2D eigenvalue weighted by Crippen LogP contribution is -2.43. The van der Waals surface area contributed by atoms with E-state index in [9.17, 15) is 13.2 Å². The third kappa shape index (κ3) is 3.69. The second-order valence-corrected chi connectivity index (χ2v) is 7.06. The molecule has 1 aromatic heterocycles. The molecule has 1 aliphatic rings. The monoisotopic (exact) mass is 287 g/mol. The van der Waals surface area contributed by atoms with Gasteiger partial charge < -0.3 is 14.7 Å². The summed E-state index contributed by atoms with van der Waals surface area (Å²) in [6.07, 6.45) is 0.477. The first-order valence-corrected chi connectivity index (χ1v) is 7.82. The first-order valence-electron chi connectivity index (χ1n) is 6.00. The van der Waals surface area contributed by atoms with Crippen LogP contribution < -0.4 is 5.32 Å². The molecule has 1 unspecified atom stereocenters. The number of carbonyl (C=O) groups is 1. The van der Waals surface area contributed by atoms with Gasteiger partial charge in [0.1, 0.15) is 11.5 Å². The van der Waals surface area contributed by atoms with E-state index in [-0.39, 0.29) is 23.6 Å². The molecule has 2 rings (SSSR count). The van der Waals surface area contributed by atoms with Crippen molar-refractivity contribution in [2.24, 2.45) is 0 Å². The molecule has 1 fully saturated rings. The zero-order valence-corrected chi connectivity index (χ0v) is 11.7. The first kappa shape index (κ1) is 13.9. The molecular weight excluding hydrogens is 270 g/mol. The van der Waals surface area contributed by atoms with E-state index in [1.807, 2.05) is 0 Å². The molecule has 2 heterocycles. The van der Waals surface area contributed by atoms with Crippen LogP contribution in [0.1, 0.15) is 17.9 Å². The van der Waals surface area contributed by atoms with Gasteiger partial charge in [-0.2, -0.15) is 0 Å². The summed E-state index contributed by atoms with van der Waals surface area (Å²) in [7, 11) is -1.36. The van der Waals surface area contributed by atoms with Gasteiger partial charge in [-0.05, 0) is 13.3 Å². The van der Waals surface area contributed by atoms with Crippen molar-refractivity contribution in [1.29, 1.82) is 0 Å². The van der Waals surface area contributed by atoms with Crippen LogP contribution in [0.2, 0.25) is 0 Å². The quantitative estimate of drug-likeness (QED) is 0.863. The van der Waals surface area contributed by atoms with Gasteiger partial charge in [-0.15, -0.1) is 0 Å². The average Bonchev–Trinajstić information content (AvgIpc) is 2.85. The molecule has 0 aliphatic carbocycles. The molecule has 19 heavy (non-hydrogen) atoms. The van der Waals surface area contributed by atoms with E-state index >= 15 is 0 Å². The number of hydrogen-bond donors (Lipinski definition) is 1. The standard InChI is InChI=1S/C11H17N3O4S/c1-8-5-10(13-18-8)6-14(2)11(15)12-9-3-4-19(16,17)7-9/h5,9H,3-4,6-7H2,1-2H3,(H,12,15). The highest BCUT2D eigenvalue weighted by Gasteiger charge is 2.29. The number of carbonyl (C=O) groups excluding carboxylic acids is 1. The first-order chi connectivity index (χ1) is 8.85. The molecule has 0 bridgehead atoms. The Morgan fingerprint density at radius 3 is 2.89 bits per heavy atom. The van der Waals surface area contributed by atoms with Gasteiger partial charge in [-0.25, -0.2) is 13.2 Å². The predicted octanol–water partition coefficient (Wildman–Crippen LogP) is 0.312. The molecule has 0 spiro atoms. The summed E-state index contributed by atoms with van der Waals surface area (Å²) in [5.41, 5.74) is 0.661. The minimum atomic E-state index is -2.98. The molecule has 7 nitrogen and oxygen atoms in total. The van der Waals surface area contributed by atoms with Gasteiger partial charge in [0.2, 0.25) is 0 Å². The fourth-order valence-corrected chi connectivity index (χ4v) is 3.67. The van der Waals surface area contributed by atoms with Crippen LogP contribution in [-0.4, -0.2) is 49.1 Å². The SMILES string of the molecule is Cc1cc(CN(C)C(=O)NC2CCS(=O)(=O)C2)no1. The highest BCUT2D eigenvalue weighted by Crippen LogP contribution is 2.12. The molecule has 1 N–H and O–H groups in total. The number of aromatic nitrogens is 1. The normalized spacial score (nSPS) is 21.3. The van der Waals surface area contributed by atoms with Gasteiger partial charge in [0.25, 0.3) is 0 Å². The topological polar surface area (TPSA) is 92.5 Å². The number of amides is 2. The molecule has 1 saturated heterocycles. The van der Waals surface area contributed by atoms with Gasteiger partial charge in [0.05, 0.1) is 18.1 Å². The zero-order valence-electron chi connectivity index (χ0n) is 10.9. The van der Waals surface area contributed by atoms with E-state index in [2.05, 4.69) is 10.5 Å². The molecule has 8 heteroatoms. The average molecular weight is 287 g/mol. The molecule has 1 aromatic rings. The van der Waals surface area contributed by atoms with Crippen LogP contribution in [0.15, 0.2) is 10.6 Å². The zero-order chi connectivity index (χ0) is 14.0. The molecule has 1 aliphatic heterocycles. The van der Waals surface area contributed by atoms with E-state index < -0.39 is 9.84 Å². The van der Waals surface area contributed by atoms with Crippen molar-refractivity contribution >= 4 is 15.9 Å².